The Kier molecular flexibility index (Phi) is 6.37. The zero-order chi connectivity index (χ0) is 12.7. The summed E-state index contributed by atoms with van der Waals surface area (Å²) in [6.07, 6.45) is 17.3. The SMILES string of the molecule is CC1CCNC2(CCCCCCCCCCC2)S1. The van der Waals surface area contributed by atoms with E-state index in [1.807, 2.05) is 0 Å². The van der Waals surface area contributed by atoms with Gasteiger partial charge in [0, 0.05) is 5.25 Å². The van der Waals surface area contributed by atoms with Crippen molar-refractivity contribution in [2.75, 3.05) is 6.54 Å². The summed E-state index contributed by atoms with van der Waals surface area (Å²) in [6.45, 7) is 3.66. The van der Waals surface area contributed by atoms with Gasteiger partial charge in [-0.1, -0.05) is 64.7 Å². The van der Waals surface area contributed by atoms with Crippen LogP contribution in [-0.4, -0.2) is 16.7 Å². The van der Waals surface area contributed by atoms with Crippen LogP contribution in [0, 0.1) is 0 Å². The van der Waals surface area contributed by atoms with Crippen molar-refractivity contribution in [3.8, 4) is 0 Å². The lowest BCUT2D eigenvalue weighted by Gasteiger charge is -2.41. The van der Waals surface area contributed by atoms with Crippen LogP contribution >= 0.6 is 11.8 Å². The summed E-state index contributed by atoms with van der Waals surface area (Å²) in [5.74, 6) is 0. The zero-order valence-corrected chi connectivity index (χ0v) is 13.0. The molecule has 1 heterocycles. The second kappa shape index (κ2) is 7.79. The second-order valence-corrected chi connectivity index (χ2v) is 8.14. The maximum absolute atomic E-state index is 3.88. The minimum Gasteiger partial charge on any atom is -0.303 e. The van der Waals surface area contributed by atoms with Gasteiger partial charge in [-0.05, 0) is 25.8 Å². The molecule has 106 valence electrons. The highest BCUT2D eigenvalue weighted by atomic mass is 32.2. The topological polar surface area (TPSA) is 12.0 Å². The Labute approximate surface area is 118 Å². The van der Waals surface area contributed by atoms with E-state index in [0.29, 0.717) is 4.87 Å². The molecule has 2 fully saturated rings. The molecule has 1 atom stereocenters. The van der Waals surface area contributed by atoms with E-state index < -0.39 is 0 Å². The second-order valence-electron chi connectivity index (χ2n) is 6.32. The van der Waals surface area contributed by atoms with Gasteiger partial charge in [-0.25, -0.2) is 0 Å². The third-order valence-electron chi connectivity index (χ3n) is 4.59. The minimum atomic E-state index is 0.441. The number of hydrogen-bond acceptors (Lipinski definition) is 2. The molecule has 1 aliphatic heterocycles. The smallest absolute Gasteiger partial charge is 0.0647 e. The largest absolute Gasteiger partial charge is 0.303 e. The molecule has 1 unspecified atom stereocenters. The molecular formula is C16H31NS. The average Bonchev–Trinajstić information content (AvgIpc) is 2.34. The van der Waals surface area contributed by atoms with Crippen molar-refractivity contribution in [2.45, 2.75) is 94.1 Å². The number of thioether (sulfide) groups is 1. The Morgan fingerprint density at radius 3 is 1.83 bits per heavy atom. The van der Waals surface area contributed by atoms with Crippen molar-refractivity contribution in [2.24, 2.45) is 0 Å². The van der Waals surface area contributed by atoms with Crippen molar-refractivity contribution in [3.05, 3.63) is 0 Å². The third-order valence-corrected chi connectivity index (χ3v) is 6.23. The fourth-order valence-corrected chi connectivity index (χ4v) is 5.18. The van der Waals surface area contributed by atoms with Gasteiger partial charge in [0.05, 0.1) is 4.87 Å². The van der Waals surface area contributed by atoms with Crippen LogP contribution in [-0.2, 0) is 0 Å². The van der Waals surface area contributed by atoms with E-state index in [2.05, 4.69) is 24.0 Å². The molecule has 0 radical (unpaired) electrons. The average molecular weight is 269 g/mol. The first-order valence-corrected chi connectivity index (χ1v) is 9.12. The Bertz CT molecular complexity index is 217. The van der Waals surface area contributed by atoms with Crippen LogP contribution in [0.15, 0.2) is 0 Å². The Morgan fingerprint density at radius 2 is 1.33 bits per heavy atom. The first-order chi connectivity index (χ1) is 8.81. The lowest BCUT2D eigenvalue weighted by Crippen LogP contribution is -2.48. The highest BCUT2D eigenvalue weighted by molar-refractivity contribution is 8.01. The molecule has 1 saturated heterocycles. The van der Waals surface area contributed by atoms with Gasteiger partial charge >= 0.3 is 0 Å². The van der Waals surface area contributed by atoms with Gasteiger partial charge < -0.3 is 5.32 Å². The number of nitrogens with one attached hydrogen (secondary N) is 1. The standard InChI is InChI=1S/C16H31NS/c1-15-11-14-17-16(18-15)12-9-7-5-3-2-4-6-8-10-13-16/h15,17H,2-14H2,1H3. The minimum absolute atomic E-state index is 0.441. The summed E-state index contributed by atoms with van der Waals surface area (Å²) in [5.41, 5.74) is 0. The van der Waals surface area contributed by atoms with Crippen LogP contribution in [0.1, 0.15) is 84.0 Å². The van der Waals surface area contributed by atoms with E-state index in [-0.39, 0.29) is 0 Å². The van der Waals surface area contributed by atoms with Crippen LogP contribution in [0.3, 0.4) is 0 Å². The molecule has 1 spiro atoms. The molecule has 0 bridgehead atoms. The quantitative estimate of drug-likeness (QED) is 0.656. The van der Waals surface area contributed by atoms with Crippen molar-refractivity contribution < 1.29 is 0 Å². The van der Waals surface area contributed by atoms with Gasteiger partial charge in [-0.3, -0.25) is 0 Å². The summed E-state index contributed by atoms with van der Waals surface area (Å²) >= 11 is 2.25. The van der Waals surface area contributed by atoms with Crippen LogP contribution < -0.4 is 5.32 Å². The number of hydrogen-bond donors (Lipinski definition) is 1. The molecule has 1 nitrogen and oxygen atoms in total. The molecule has 1 saturated carbocycles. The Balaban J connectivity index is 1.87. The van der Waals surface area contributed by atoms with Gasteiger partial charge in [0.2, 0.25) is 0 Å². The van der Waals surface area contributed by atoms with Crippen molar-refractivity contribution in [3.63, 3.8) is 0 Å². The first kappa shape index (κ1) is 14.7. The lowest BCUT2D eigenvalue weighted by molar-refractivity contribution is 0.356. The summed E-state index contributed by atoms with van der Waals surface area (Å²) in [7, 11) is 0. The maximum atomic E-state index is 3.88. The van der Waals surface area contributed by atoms with E-state index in [0.717, 1.165) is 5.25 Å². The van der Waals surface area contributed by atoms with E-state index in [4.69, 9.17) is 0 Å². The molecule has 0 aromatic rings. The van der Waals surface area contributed by atoms with Crippen LogP contribution in [0.25, 0.3) is 0 Å². The van der Waals surface area contributed by atoms with Crippen LogP contribution in [0.5, 0.6) is 0 Å². The van der Waals surface area contributed by atoms with Crippen molar-refractivity contribution >= 4 is 11.8 Å². The molecule has 18 heavy (non-hydrogen) atoms. The summed E-state index contributed by atoms with van der Waals surface area (Å²) in [4.78, 5) is 0.441. The molecular weight excluding hydrogens is 238 g/mol. The van der Waals surface area contributed by atoms with Crippen LogP contribution in [0.4, 0.5) is 0 Å². The predicted octanol–water partition coefficient (Wildman–Crippen LogP) is 5.10. The molecule has 0 amide bonds. The summed E-state index contributed by atoms with van der Waals surface area (Å²) in [5, 5.41) is 4.74. The highest BCUT2D eigenvalue weighted by Gasteiger charge is 2.34. The lowest BCUT2D eigenvalue weighted by atomic mass is 9.97. The van der Waals surface area contributed by atoms with Crippen molar-refractivity contribution in [1.82, 2.24) is 5.32 Å². The van der Waals surface area contributed by atoms with Crippen molar-refractivity contribution in [1.29, 1.82) is 0 Å². The molecule has 1 N–H and O–H groups in total. The monoisotopic (exact) mass is 269 g/mol. The fraction of sp³-hybridized carbons (Fsp3) is 1.00. The molecule has 0 aromatic carbocycles. The maximum Gasteiger partial charge on any atom is 0.0647 e. The molecule has 2 rings (SSSR count). The first-order valence-electron chi connectivity index (χ1n) is 8.24. The molecule has 0 aromatic heterocycles. The van der Waals surface area contributed by atoms with Gasteiger partial charge in [-0.15, -0.1) is 11.8 Å². The summed E-state index contributed by atoms with van der Waals surface area (Å²) in [6, 6.07) is 0. The van der Waals surface area contributed by atoms with E-state index in [9.17, 15) is 0 Å². The highest BCUT2D eigenvalue weighted by Crippen LogP contribution is 2.40. The van der Waals surface area contributed by atoms with Gasteiger partial charge in [-0.2, -0.15) is 0 Å². The number of rotatable bonds is 0. The zero-order valence-electron chi connectivity index (χ0n) is 12.2. The van der Waals surface area contributed by atoms with Gasteiger partial charge in [0.15, 0.2) is 0 Å². The van der Waals surface area contributed by atoms with Crippen LogP contribution in [0.2, 0.25) is 0 Å². The predicted molar refractivity (Wildman–Crippen MR) is 83.2 cm³/mol. The summed E-state index contributed by atoms with van der Waals surface area (Å²) < 4.78 is 0. The Hall–Kier alpha value is 0.310. The van der Waals surface area contributed by atoms with E-state index >= 15 is 0 Å². The van der Waals surface area contributed by atoms with Gasteiger partial charge in [0.25, 0.3) is 0 Å². The molecule has 2 aliphatic rings. The molecule has 1 aliphatic carbocycles. The Morgan fingerprint density at radius 1 is 0.833 bits per heavy atom. The third kappa shape index (κ3) is 4.77. The van der Waals surface area contributed by atoms with Gasteiger partial charge in [0.1, 0.15) is 0 Å². The van der Waals surface area contributed by atoms with E-state index in [1.54, 1.807) is 0 Å². The molecule has 2 heteroatoms. The normalized spacial score (nSPS) is 31.5. The fourth-order valence-electron chi connectivity index (χ4n) is 3.47. The van der Waals surface area contributed by atoms with E-state index in [1.165, 1.54) is 83.6 Å².